The highest BCUT2D eigenvalue weighted by Gasteiger charge is 2.14. The third-order valence-electron chi connectivity index (χ3n) is 2.39. The summed E-state index contributed by atoms with van der Waals surface area (Å²) in [6, 6.07) is 6.60. The molecule has 0 atom stereocenters. The smallest absolute Gasteiger partial charge is 0.379 e. The summed E-state index contributed by atoms with van der Waals surface area (Å²) >= 11 is 9.17. The van der Waals surface area contributed by atoms with E-state index < -0.39 is 5.97 Å². The first kappa shape index (κ1) is 13.2. The molecule has 5 heteroatoms. The molecule has 18 heavy (non-hydrogen) atoms. The van der Waals surface area contributed by atoms with Crippen LogP contribution in [0.5, 0.6) is 5.75 Å². The monoisotopic (exact) mass is 328 g/mol. The van der Waals surface area contributed by atoms with Crippen molar-refractivity contribution in [3.05, 3.63) is 50.8 Å². The minimum atomic E-state index is -0.540. The summed E-state index contributed by atoms with van der Waals surface area (Å²) < 4.78 is 10.8. The molecule has 0 unspecified atom stereocenters. The lowest BCUT2D eigenvalue weighted by atomic mass is 10.1. The van der Waals surface area contributed by atoms with Crippen LogP contribution in [0, 0.1) is 13.8 Å². The number of aryl methyl sites for hydroxylation is 2. The maximum Gasteiger partial charge on any atom is 0.379 e. The van der Waals surface area contributed by atoms with E-state index in [2.05, 4.69) is 15.9 Å². The average molecular weight is 330 g/mol. The zero-order valence-corrected chi connectivity index (χ0v) is 12.1. The van der Waals surface area contributed by atoms with Crippen molar-refractivity contribution in [3.63, 3.8) is 0 Å². The molecule has 0 fully saturated rings. The van der Waals surface area contributed by atoms with E-state index in [1.54, 1.807) is 24.3 Å². The summed E-state index contributed by atoms with van der Waals surface area (Å²) in [6.07, 6.45) is 0. The van der Waals surface area contributed by atoms with Crippen molar-refractivity contribution in [1.82, 2.24) is 0 Å². The van der Waals surface area contributed by atoms with Crippen molar-refractivity contribution in [2.24, 2.45) is 0 Å². The molecular weight excluding hydrogens is 319 g/mol. The van der Waals surface area contributed by atoms with Gasteiger partial charge >= 0.3 is 5.97 Å². The maximum atomic E-state index is 11.8. The van der Waals surface area contributed by atoms with Crippen LogP contribution in [0.25, 0.3) is 0 Å². The minimum Gasteiger partial charge on any atom is -0.442 e. The lowest BCUT2D eigenvalue weighted by Crippen LogP contribution is -2.07. The lowest BCUT2D eigenvalue weighted by Gasteiger charge is -2.07. The molecule has 0 N–H and O–H groups in total. The van der Waals surface area contributed by atoms with Gasteiger partial charge in [0, 0.05) is 5.02 Å². The molecule has 2 rings (SSSR count). The Labute approximate surface area is 118 Å². The molecule has 1 heterocycles. The molecule has 0 aliphatic heterocycles. The maximum absolute atomic E-state index is 11.8. The van der Waals surface area contributed by atoms with Gasteiger partial charge < -0.3 is 9.15 Å². The summed E-state index contributed by atoms with van der Waals surface area (Å²) in [5.41, 5.74) is 1.72. The van der Waals surface area contributed by atoms with Gasteiger partial charge in [-0.25, -0.2) is 4.79 Å². The van der Waals surface area contributed by atoms with Gasteiger partial charge in [-0.15, -0.1) is 0 Å². The van der Waals surface area contributed by atoms with Crippen LogP contribution in [0.4, 0.5) is 0 Å². The van der Waals surface area contributed by atoms with E-state index in [-0.39, 0.29) is 5.76 Å². The van der Waals surface area contributed by atoms with Crippen LogP contribution in [-0.4, -0.2) is 5.97 Å². The molecule has 1 aromatic heterocycles. The number of hydrogen-bond acceptors (Lipinski definition) is 3. The fraction of sp³-hybridized carbons (Fsp3) is 0.154. The molecular formula is C13H10BrClO3. The third-order valence-corrected chi connectivity index (χ3v) is 3.42. The van der Waals surface area contributed by atoms with Gasteiger partial charge in [-0.2, -0.15) is 0 Å². The molecule has 0 saturated carbocycles. The Balaban J connectivity index is 2.22. The van der Waals surface area contributed by atoms with Gasteiger partial charge in [0.1, 0.15) is 5.75 Å². The van der Waals surface area contributed by atoms with Crippen LogP contribution in [0.1, 0.15) is 21.7 Å². The molecule has 0 aliphatic carbocycles. The highest BCUT2D eigenvalue weighted by molar-refractivity contribution is 9.10. The van der Waals surface area contributed by atoms with Crippen molar-refractivity contribution in [2.75, 3.05) is 0 Å². The predicted octanol–water partition coefficient (Wildman–Crippen LogP) is 4.53. The second-order valence-electron chi connectivity index (χ2n) is 3.86. The van der Waals surface area contributed by atoms with Crippen LogP contribution in [0.3, 0.4) is 0 Å². The highest BCUT2D eigenvalue weighted by Crippen LogP contribution is 2.26. The van der Waals surface area contributed by atoms with Gasteiger partial charge in [0.2, 0.25) is 5.76 Å². The molecule has 0 bridgehead atoms. The predicted molar refractivity (Wildman–Crippen MR) is 72.3 cm³/mol. The number of hydrogen-bond donors (Lipinski definition) is 0. The summed E-state index contributed by atoms with van der Waals surface area (Å²) in [7, 11) is 0. The summed E-state index contributed by atoms with van der Waals surface area (Å²) in [4.78, 5) is 11.8. The SMILES string of the molecule is Cc1cc(OC(=O)c2ccc(Br)o2)cc(C)c1Cl. The fourth-order valence-electron chi connectivity index (χ4n) is 1.55. The van der Waals surface area contributed by atoms with Crippen LogP contribution in [0.15, 0.2) is 33.4 Å². The van der Waals surface area contributed by atoms with Gasteiger partial charge in [-0.1, -0.05) is 11.6 Å². The quantitative estimate of drug-likeness (QED) is 0.600. The normalized spacial score (nSPS) is 10.4. The molecule has 0 saturated heterocycles. The largest absolute Gasteiger partial charge is 0.442 e. The van der Waals surface area contributed by atoms with Crippen molar-refractivity contribution in [1.29, 1.82) is 0 Å². The van der Waals surface area contributed by atoms with E-state index in [0.29, 0.717) is 15.4 Å². The second kappa shape index (κ2) is 5.16. The zero-order valence-electron chi connectivity index (χ0n) is 9.79. The number of esters is 1. The van der Waals surface area contributed by atoms with Gasteiger partial charge in [-0.3, -0.25) is 0 Å². The van der Waals surface area contributed by atoms with Crippen molar-refractivity contribution in [2.45, 2.75) is 13.8 Å². The van der Waals surface area contributed by atoms with E-state index in [1.165, 1.54) is 0 Å². The van der Waals surface area contributed by atoms with Crippen molar-refractivity contribution >= 4 is 33.5 Å². The molecule has 94 valence electrons. The molecule has 0 radical (unpaired) electrons. The average Bonchev–Trinajstić information content (AvgIpc) is 2.72. The minimum absolute atomic E-state index is 0.145. The van der Waals surface area contributed by atoms with E-state index in [9.17, 15) is 4.79 Å². The summed E-state index contributed by atoms with van der Waals surface area (Å²) in [5.74, 6) is 0.0564. The zero-order chi connectivity index (χ0) is 13.3. The van der Waals surface area contributed by atoms with Crippen LogP contribution < -0.4 is 4.74 Å². The second-order valence-corrected chi connectivity index (χ2v) is 5.02. The Morgan fingerprint density at radius 3 is 2.39 bits per heavy atom. The van der Waals surface area contributed by atoms with Crippen LogP contribution in [-0.2, 0) is 0 Å². The molecule has 1 aromatic carbocycles. The van der Waals surface area contributed by atoms with Gasteiger partial charge in [-0.05, 0) is 65.2 Å². The summed E-state index contributed by atoms with van der Waals surface area (Å²) in [6.45, 7) is 3.71. The van der Waals surface area contributed by atoms with Gasteiger partial charge in [0.25, 0.3) is 0 Å². The number of carbonyl (C=O) groups excluding carboxylic acids is 1. The topological polar surface area (TPSA) is 39.4 Å². The number of benzene rings is 1. The standard InChI is InChI=1S/C13H10BrClO3/c1-7-5-9(6-8(2)12(7)15)17-13(16)10-3-4-11(14)18-10/h3-6H,1-2H3. The first-order valence-electron chi connectivity index (χ1n) is 5.21. The number of carbonyl (C=O) groups is 1. The Hall–Kier alpha value is -1.26. The van der Waals surface area contributed by atoms with Gasteiger partial charge in [0.15, 0.2) is 4.67 Å². The molecule has 0 spiro atoms. The lowest BCUT2D eigenvalue weighted by molar-refractivity contribution is 0.0700. The Bertz CT molecular complexity index is 581. The first-order chi connectivity index (χ1) is 8.47. The van der Waals surface area contributed by atoms with Crippen molar-refractivity contribution in [3.8, 4) is 5.75 Å². The van der Waals surface area contributed by atoms with Crippen LogP contribution in [0.2, 0.25) is 5.02 Å². The van der Waals surface area contributed by atoms with Crippen LogP contribution >= 0.6 is 27.5 Å². The molecule has 0 amide bonds. The number of furan rings is 1. The molecule has 3 nitrogen and oxygen atoms in total. The number of ether oxygens (including phenoxy) is 1. The third kappa shape index (κ3) is 2.76. The molecule has 2 aromatic rings. The fourth-order valence-corrected chi connectivity index (χ4v) is 1.96. The van der Waals surface area contributed by atoms with Crippen molar-refractivity contribution < 1.29 is 13.9 Å². The highest BCUT2D eigenvalue weighted by atomic mass is 79.9. The number of halogens is 2. The van der Waals surface area contributed by atoms with E-state index in [0.717, 1.165) is 11.1 Å². The Kier molecular flexibility index (Phi) is 3.78. The van der Waals surface area contributed by atoms with E-state index >= 15 is 0 Å². The first-order valence-corrected chi connectivity index (χ1v) is 6.38. The van der Waals surface area contributed by atoms with E-state index in [1.807, 2.05) is 13.8 Å². The number of rotatable bonds is 2. The summed E-state index contributed by atoms with van der Waals surface area (Å²) in [5, 5.41) is 0.676. The van der Waals surface area contributed by atoms with E-state index in [4.69, 9.17) is 20.8 Å². The Morgan fingerprint density at radius 2 is 1.89 bits per heavy atom. The Morgan fingerprint density at radius 1 is 1.28 bits per heavy atom. The molecule has 0 aliphatic rings. The van der Waals surface area contributed by atoms with Gasteiger partial charge in [0.05, 0.1) is 0 Å².